The number of likely N-dealkylation sites (N-methyl/N-ethyl adjacent to an activating group) is 1. The molecule has 1 unspecified atom stereocenters. The van der Waals surface area contributed by atoms with Crippen LogP contribution in [0.1, 0.15) is 12.8 Å². The third-order valence-electron chi connectivity index (χ3n) is 5.77. The Morgan fingerprint density at radius 3 is 2.70 bits per heavy atom. The van der Waals surface area contributed by atoms with Crippen molar-refractivity contribution in [1.82, 2.24) is 14.6 Å². The SMILES string of the molecule is CNC1CCN(c2ccc(SN3CCC3)cc2-c2cc3ccccc3[nH]2)C1. The van der Waals surface area contributed by atoms with E-state index in [0.29, 0.717) is 6.04 Å². The number of aromatic nitrogens is 1. The number of fused-ring (bicyclic) bond motifs is 1. The molecule has 2 aliphatic heterocycles. The molecule has 2 saturated heterocycles. The molecule has 0 aliphatic carbocycles. The van der Waals surface area contributed by atoms with Crippen LogP contribution in [0.3, 0.4) is 0 Å². The summed E-state index contributed by atoms with van der Waals surface area (Å²) in [6.07, 6.45) is 2.52. The topological polar surface area (TPSA) is 34.3 Å². The van der Waals surface area contributed by atoms with Gasteiger partial charge in [-0.3, -0.25) is 0 Å². The maximum atomic E-state index is 3.64. The highest BCUT2D eigenvalue weighted by atomic mass is 32.2. The highest BCUT2D eigenvalue weighted by Gasteiger charge is 2.24. The Bertz CT molecular complexity index is 913. The van der Waals surface area contributed by atoms with Crippen molar-refractivity contribution < 1.29 is 0 Å². The Labute approximate surface area is 165 Å². The van der Waals surface area contributed by atoms with E-state index in [4.69, 9.17) is 0 Å². The van der Waals surface area contributed by atoms with Crippen molar-refractivity contribution in [2.45, 2.75) is 23.8 Å². The molecule has 2 fully saturated rings. The first-order chi connectivity index (χ1) is 13.3. The molecule has 4 nitrogen and oxygen atoms in total. The van der Waals surface area contributed by atoms with Gasteiger partial charge in [0.05, 0.1) is 0 Å². The molecule has 1 aromatic heterocycles. The number of rotatable bonds is 5. The number of H-pyrrole nitrogens is 1. The second-order valence-electron chi connectivity index (χ2n) is 7.54. The molecule has 2 aliphatic rings. The molecule has 2 aromatic carbocycles. The van der Waals surface area contributed by atoms with E-state index in [1.807, 2.05) is 11.9 Å². The molecule has 0 spiro atoms. The predicted octanol–water partition coefficient (Wildman–Crippen LogP) is 4.35. The maximum Gasteiger partial charge on any atom is 0.0486 e. The zero-order chi connectivity index (χ0) is 18.2. The minimum Gasteiger partial charge on any atom is -0.369 e. The second kappa shape index (κ2) is 7.23. The van der Waals surface area contributed by atoms with E-state index in [2.05, 4.69) is 75.1 Å². The summed E-state index contributed by atoms with van der Waals surface area (Å²) in [6.45, 7) is 4.58. The normalized spacial score (nSPS) is 20.3. The molecule has 27 heavy (non-hydrogen) atoms. The van der Waals surface area contributed by atoms with Gasteiger partial charge in [0.25, 0.3) is 0 Å². The Morgan fingerprint density at radius 1 is 1.07 bits per heavy atom. The van der Waals surface area contributed by atoms with Gasteiger partial charge >= 0.3 is 0 Å². The molecular formula is C22H26N4S. The smallest absolute Gasteiger partial charge is 0.0486 e. The van der Waals surface area contributed by atoms with Crippen molar-refractivity contribution in [1.29, 1.82) is 0 Å². The molecule has 5 rings (SSSR count). The number of benzene rings is 2. The van der Waals surface area contributed by atoms with Crippen LogP contribution < -0.4 is 10.2 Å². The van der Waals surface area contributed by atoms with Crippen molar-refractivity contribution in [3.8, 4) is 11.3 Å². The van der Waals surface area contributed by atoms with E-state index in [0.717, 1.165) is 13.1 Å². The molecule has 1 atom stereocenters. The lowest BCUT2D eigenvalue weighted by Gasteiger charge is -2.29. The number of nitrogens with zero attached hydrogens (tertiary/aromatic N) is 2. The van der Waals surface area contributed by atoms with Gasteiger partial charge in [-0.25, -0.2) is 4.31 Å². The minimum absolute atomic E-state index is 0.579. The largest absolute Gasteiger partial charge is 0.369 e. The van der Waals surface area contributed by atoms with E-state index in [-0.39, 0.29) is 0 Å². The van der Waals surface area contributed by atoms with Crippen LogP contribution >= 0.6 is 11.9 Å². The number of anilines is 1. The first kappa shape index (κ1) is 17.2. The van der Waals surface area contributed by atoms with Crippen LogP contribution in [0.15, 0.2) is 53.4 Å². The Kier molecular flexibility index (Phi) is 4.60. The highest BCUT2D eigenvalue weighted by molar-refractivity contribution is 7.97. The predicted molar refractivity (Wildman–Crippen MR) is 115 cm³/mol. The van der Waals surface area contributed by atoms with E-state index in [1.54, 1.807) is 0 Å². The molecular weight excluding hydrogens is 352 g/mol. The molecule has 0 amide bonds. The number of aromatic amines is 1. The number of hydrogen-bond donors (Lipinski definition) is 2. The molecule has 5 heteroatoms. The van der Waals surface area contributed by atoms with E-state index < -0.39 is 0 Å². The molecule has 0 saturated carbocycles. The van der Waals surface area contributed by atoms with Crippen LogP contribution in [0.5, 0.6) is 0 Å². The molecule has 0 bridgehead atoms. The molecule has 3 heterocycles. The summed E-state index contributed by atoms with van der Waals surface area (Å²) in [7, 11) is 2.07. The Balaban J connectivity index is 1.55. The fourth-order valence-electron chi connectivity index (χ4n) is 4.02. The van der Waals surface area contributed by atoms with Crippen LogP contribution in [0.2, 0.25) is 0 Å². The average molecular weight is 379 g/mol. The summed E-state index contributed by atoms with van der Waals surface area (Å²) in [6, 6.07) is 18.4. The fraction of sp³-hybridized carbons (Fsp3) is 0.364. The van der Waals surface area contributed by atoms with Gasteiger partial charge in [-0.15, -0.1) is 0 Å². The summed E-state index contributed by atoms with van der Waals surface area (Å²) in [4.78, 5) is 7.50. The first-order valence-electron chi connectivity index (χ1n) is 9.87. The Morgan fingerprint density at radius 2 is 1.96 bits per heavy atom. The molecule has 140 valence electrons. The van der Waals surface area contributed by atoms with E-state index in [9.17, 15) is 0 Å². The first-order valence-corrected chi connectivity index (χ1v) is 10.6. The standard InChI is InChI=1S/C22H26N4S/c1-23-17-9-12-25(15-17)22-8-7-18(27-26-10-4-11-26)14-19(22)21-13-16-5-2-3-6-20(16)24-21/h2-3,5-8,13-14,17,23-24H,4,9-12,15H2,1H3. The quantitative estimate of drug-likeness (QED) is 0.647. The van der Waals surface area contributed by atoms with Gasteiger partial charge in [0.1, 0.15) is 0 Å². The summed E-state index contributed by atoms with van der Waals surface area (Å²) in [5.74, 6) is 0. The highest BCUT2D eigenvalue weighted by Crippen LogP contribution is 2.38. The van der Waals surface area contributed by atoms with Gasteiger partial charge in [0.2, 0.25) is 0 Å². The van der Waals surface area contributed by atoms with Crippen LogP contribution in [-0.4, -0.2) is 48.6 Å². The third kappa shape index (κ3) is 3.35. The lowest BCUT2D eigenvalue weighted by Crippen LogP contribution is -2.30. The van der Waals surface area contributed by atoms with E-state index >= 15 is 0 Å². The minimum atomic E-state index is 0.579. The van der Waals surface area contributed by atoms with Crippen molar-refractivity contribution >= 4 is 28.5 Å². The van der Waals surface area contributed by atoms with Crippen molar-refractivity contribution in [3.05, 3.63) is 48.5 Å². The van der Waals surface area contributed by atoms with Gasteiger partial charge < -0.3 is 15.2 Å². The number of hydrogen-bond acceptors (Lipinski definition) is 4. The van der Waals surface area contributed by atoms with Crippen LogP contribution in [0.4, 0.5) is 5.69 Å². The lowest BCUT2D eigenvalue weighted by molar-refractivity contribution is 0.344. The zero-order valence-electron chi connectivity index (χ0n) is 15.7. The molecule has 2 N–H and O–H groups in total. The average Bonchev–Trinajstić information content (AvgIpc) is 3.31. The lowest BCUT2D eigenvalue weighted by atomic mass is 10.1. The monoisotopic (exact) mass is 378 g/mol. The summed E-state index contributed by atoms with van der Waals surface area (Å²) in [5, 5.41) is 4.71. The van der Waals surface area contributed by atoms with E-state index in [1.165, 1.54) is 58.7 Å². The summed E-state index contributed by atoms with van der Waals surface area (Å²) >= 11 is 1.89. The van der Waals surface area contributed by atoms with Gasteiger partial charge in [-0.05, 0) is 62.2 Å². The zero-order valence-corrected chi connectivity index (χ0v) is 16.6. The molecule has 0 radical (unpaired) electrons. The van der Waals surface area contributed by atoms with Crippen molar-refractivity contribution in [2.24, 2.45) is 0 Å². The van der Waals surface area contributed by atoms with Crippen molar-refractivity contribution in [3.63, 3.8) is 0 Å². The van der Waals surface area contributed by atoms with Crippen LogP contribution in [0, 0.1) is 0 Å². The third-order valence-corrected chi connectivity index (χ3v) is 6.86. The van der Waals surface area contributed by atoms with Gasteiger partial charge in [-0.2, -0.15) is 0 Å². The van der Waals surface area contributed by atoms with Gasteiger partial charge in [0, 0.05) is 65.0 Å². The number of para-hydroxylation sites is 1. The van der Waals surface area contributed by atoms with Crippen molar-refractivity contribution in [2.75, 3.05) is 38.1 Å². The Hall–Kier alpha value is -1.95. The maximum absolute atomic E-state index is 3.64. The van der Waals surface area contributed by atoms with Gasteiger partial charge in [-0.1, -0.05) is 18.2 Å². The molecule has 3 aromatic rings. The number of nitrogens with one attached hydrogen (secondary N) is 2. The second-order valence-corrected chi connectivity index (χ2v) is 8.71. The fourth-order valence-corrected chi connectivity index (χ4v) is 5.06. The summed E-state index contributed by atoms with van der Waals surface area (Å²) in [5.41, 5.74) is 5.07. The van der Waals surface area contributed by atoms with Crippen LogP contribution in [-0.2, 0) is 0 Å². The van der Waals surface area contributed by atoms with Gasteiger partial charge in [0.15, 0.2) is 0 Å². The van der Waals surface area contributed by atoms with Crippen LogP contribution in [0.25, 0.3) is 22.2 Å². The summed E-state index contributed by atoms with van der Waals surface area (Å²) < 4.78 is 2.44.